The molecule has 0 amide bonds. The summed E-state index contributed by atoms with van der Waals surface area (Å²) in [5.41, 5.74) is 2.92. The first kappa shape index (κ1) is 14.0. The number of nitriles is 1. The molecule has 0 spiro atoms. The molecule has 0 bridgehead atoms. The maximum Gasteiger partial charge on any atom is 0.227 e. The lowest BCUT2D eigenvalue weighted by atomic mass is 10.2. The second kappa shape index (κ2) is 6.20. The van der Waals surface area contributed by atoms with Crippen LogP contribution in [-0.2, 0) is 0 Å². The van der Waals surface area contributed by atoms with Crippen LogP contribution in [0.4, 0.5) is 11.6 Å². The van der Waals surface area contributed by atoms with E-state index in [1.54, 1.807) is 42.7 Å². The molecule has 1 aromatic carbocycles. The van der Waals surface area contributed by atoms with E-state index in [0.717, 1.165) is 16.9 Å². The Morgan fingerprint density at radius 3 is 2.73 bits per heavy atom. The molecule has 3 aromatic rings. The van der Waals surface area contributed by atoms with Crippen LogP contribution in [0.3, 0.4) is 0 Å². The predicted octanol–water partition coefficient (Wildman–Crippen LogP) is 3.81. The summed E-state index contributed by atoms with van der Waals surface area (Å²) in [6.45, 7) is 0. The number of nitrogens with zero attached hydrogens (tertiary/aromatic N) is 4. The Morgan fingerprint density at radius 1 is 1.05 bits per heavy atom. The maximum atomic E-state index is 8.92. The van der Waals surface area contributed by atoms with Gasteiger partial charge in [-0.3, -0.25) is 0 Å². The molecular weight excluding hydrogens is 298 g/mol. The molecule has 106 valence electrons. The van der Waals surface area contributed by atoms with Gasteiger partial charge in [0.25, 0.3) is 0 Å². The molecule has 0 saturated heterocycles. The van der Waals surface area contributed by atoms with Crippen LogP contribution in [-0.4, -0.2) is 15.0 Å². The van der Waals surface area contributed by atoms with Crippen LogP contribution in [0.5, 0.6) is 0 Å². The third-order valence-corrected chi connectivity index (χ3v) is 3.13. The zero-order chi connectivity index (χ0) is 15.4. The molecule has 0 aliphatic heterocycles. The summed E-state index contributed by atoms with van der Waals surface area (Å²) >= 11 is 5.90. The first-order valence-electron chi connectivity index (χ1n) is 6.47. The Hall–Kier alpha value is -2.97. The summed E-state index contributed by atoms with van der Waals surface area (Å²) in [4.78, 5) is 12.6. The largest absolute Gasteiger partial charge is 0.324 e. The molecular formula is C16H10ClN5. The Kier molecular flexibility index (Phi) is 3.95. The lowest BCUT2D eigenvalue weighted by molar-refractivity contribution is 1.17. The van der Waals surface area contributed by atoms with Gasteiger partial charge in [0.05, 0.1) is 17.3 Å². The summed E-state index contributed by atoms with van der Waals surface area (Å²) in [5, 5.41) is 12.4. The summed E-state index contributed by atoms with van der Waals surface area (Å²) in [6, 6.07) is 14.6. The Morgan fingerprint density at radius 2 is 1.91 bits per heavy atom. The van der Waals surface area contributed by atoms with E-state index in [9.17, 15) is 0 Å². The first-order valence-corrected chi connectivity index (χ1v) is 6.84. The zero-order valence-electron chi connectivity index (χ0n) is 11.4. The number of benzene rings is 1. The average molecular weight is 308 g/mol. The Balaban J connectivity index is 1.90. The third kappa shape index (κ3) is 3.19. The fraction of sp³-hybridized carbons (Fsp3) is 0. The number of pyridine rings is 1. The molecule has 2 aromatic heterocycles. The predicted molar refractivity (Wildman–Crippen MR) is 84.7 cm³/mol. The van der Waals surface area contributed by atoms with Crippen molar-refractivity contribution in [1.29, 1.82) is 5.26 Å². The fourth-order valence-corrected chi connectivity index (χ4v) is 2.11. The zero-order valence-corrected chi connectivity index (χ0v) is 12.1. The molecule has 0 aliphatic carbocycles. The van der Waals surface area contributed by atoms with E-state index in [1.807, 2.05) is 12.1 Å². The van der Waals surface area contributed by atoms with Gasteiger partial charge in [-0.2, -0.15) is 5.26 Å². The van der Waals surface area contributed by atoms with Gasteiger partial charge in [0.2, 0.25) is 5.95 Å². The fourth-order valence-electron chi connectivity index (χ4n) is 1.94. The van der Waals surface area contributed by atoms with E-state index >= 15 is 0 Å². The topological polar surface area (TPSA) is 74.5 Å². The van der Waals surface area contributed by atoms with Gasteiger partial charge < -0.3 is 5.32 Å². The number of hydrogen-bond donors (Lipinski definition) is 1. The summed E-state index contributed by atoms with van der Waals surface area (Å²) < 4.78 is 0. The number of aromatic nitrogens is 3. The lowest BCUT2D eigenvalue weighted by Gasteiger charge is -2.07. The van der Waals surface area contributed by atoms with Crippen LogP contribution in [0.1, 0.15) is 5.56 Å². The Bertz CT molecular complexity index is 857. The molecule has 0 unspecified atom stereocenters. The lowest BCUT2D eigenvalue weighted by Crippen LogP contribution is -1.98. The van der Waals surface area contributed by atoms with Crippen LogP contribution < -0.4 is 5.32 Å². The number of rotatable bonds is 3. The van der Waals surface area contributed by atoms with Crippen molar-refractivity contribution in [3.8, 4) is 17.3 Å². The van der Waals surface area contributed by atoms with E-state index in [4.69, 9.17) is 16.9 Å². The van der Waals surface area contributed by atoms with Crippen molar-refractivity contribution in [3.05, 3.63) is 65.6 Å². The normalized spacial score (nSPS) is 10.0. The van der Waals surface area contributed by atoms with Gasteiger partial charge >= 0.3 is 0 Å². The third-order valence-electron chi connectivity index (χ3n) is 2.93. The number of hydrogen-bond acceptors (Lipinski definition) is 5. The van der Waals surface area contributed by atoms with Gasteiger partial charge in [-0.15, -0.1) is 0 Å². The van der Waals surface area contributed by atoms with E-state index in [0.29, 0.717) is 16.7 Å². The molecule has 0 fully saturated rings. The molecule has 2 heterocycles. The van der Waals surface area contributed by atoms with Crippen molar-refractivity contribution in [2.75, 3.05) is 5.32 Å². The monoisotopic (exact) mass is 307 g/mol. The molecule has 1 N–H and O–H groups in total. The van der Waals surface area contributed by atoms with Gasteiger partial charge in [0.1, 0.15) is 5.15 Å². The van der Waals surface area contributed by atoms with Gasteiger partial charge in [0, 0.05) is 23.6 Å². The Labute approximate surface area is 132 Å². The van der Waals surface area contributed by atoms with E-state index < -0.39 is 0 Å². The van der Waals surface area contributed by atoms with Gasteiger partial charge in [-0.1, -0.05) is 17.7 Å². The average Bonchev–Trinajstić information content (AvgIpc) is 2.55. The number of nitrogens with one attached hydrogen (secondary N) is 1. The molecule has 22 heavy (non-hydrogen) atoms. The van der Waals surface area contributed by atoms with Crippen molar-refractivity contribution in [1.82, 2.24) is 15.0 Å². The van der Waals surface area contributed by atoms with E-state index in [-0.39, 0.29) is 0 Å². The minimum atomic E-state index is 0.410. The van der Waals surface area contributed by atoms with Gasteiger partial charge in [-0.05, 0) is 36.4 Å². The second-order valence-electron chi connectivity index (χ2n) is 4.45. The summed E-state index contributed by atoms with van der Waals surface area (Å²) in [5.74, 6) is 0.445. The van der Waals surface area contributed by atoms with Crippen molar-refractivity contribution in [2.45, 2.75) is 0 Å². The highest BCUT2D eigenvalue weighted by molar-refractivity contribution is 6.29. The van der Waals surface area contributed by atoms with Crippen molar-refractivity contribution < 1.29 is 0 Å². The van der Waals surface area contributed by atoms with Crippen LogP contribution >= 0.6 is 11.6 Å². The molecule has 0 radical (unpaired) electrons. The minimum absolute atomic E-state index is 0.410. The molecule has 6 heteroatoms. The molecule has 5 nitrogen and oxygen atoms in total. The summed E-state index contributed by atoms with van der Waals surface area (Å²) in [6.07, 6.45) is 3.29. The summed E-state index contributed by atoms with van der Waals surface area (Å²) in [7, 11) is 0. The van der Waals surface area contributed by atoms with Gasteiger partial charge in [-0.25, -0.2) is 15.0 Å². The second-order valence-corrected chi connectivity index (χ2v) is 4.84. The van der Waals surface area contributed by atoms with Crippen molar-refractivity contribution >= 4 is 23.2 Å². The molecule has 0 saturated carbocycles. The first-order chi connectivity index (χ1) is 10.7. The van der Waals surface area contributed by atoms with Gasteiger partial charge in [0.15, 0.2) is 0 Å². The highest BCUT2D eigenvalue weighted by atomic mass is 35.5. The highest BCUT2D eigenvalue weighted by Gasteiger charge is 2.04. The number of anilines is 2. The van der Waals surface area contributed by atoms with Crippen LogP contribution in [0.25, 0.3) is 11.3 Å². The maximum absolute atomic E-state index is 8.92. The van der Waals surface area contributed by atoms with Crippen molar-refractivity contribution in [3.63, 3.8) is 0 Å². The van der Waals surface area contributed by atoms with E-state index in [2.05, 4.69) is 26.3 Å². The van der Waals surface area contributed by atoms with Crippen LogP contribution in [0.15, 0.2) is 54.9 Å². The smallest absolute Gasteiger partial charge is 0.227 e. The molecule has 0 atom stereocenters. The highest BCUT2D eigenvalue weighted by Crippen LogP contribution is 2.21. The minimum Gasteiger partial charge on any atom is -0.324 e. The molecule has 3 rings (SSSR count). The number of halogens is 1. The van der Waals surface area contributed by atoms with Crippen LogP contribution in [0.2, 0.25) is 5.15 Å². The van der Waals surface area contributed by atoms with E-state index in [1.165, 1.54) is 0 Å². The van der Waals surface area contributed by atoms with Crippen molar-refractivity contribution in [2.24, 2.45) is 0 Å². The molecule has 0 aliphatic rings. The quantitative estimate of drug-likeness (QED) is 0.745. The SMILES string of the molecule is N#Cc1cccc(Nc2nccc(-c3ccnc(Cl)c3)n2)c1. The standard InChI is InChI=1S/C16H10ClN5/c17-15-9-12(4-6-19-15)14-5-7-20-16(22-14)21-13-3-1-2-11(8-13)10-18/h1-9H,(H,20,21,22). The van der Waals surface area contributed by atoms with Crippen LogP contribution in [0, 0.1) is 11.3 Å².